The Morgan fingerprint density at radius 2 is 1.44 bits per heavy atom. The summed E-state index contributed by atoms with van der Waals surface area (Å²) in [6, 6.07) is 1.62. The van der Waals surface area contributed by atoms with Gasteiger partial charge >= 0.3 is 0 Å². The summed E-state index contributed by atoms with van der Waals surface area (Å²) in [5.41, 5.74) is 0.0694. The summed E-state index contributed by atoms with van der Waals surface area (Å²) < 4.78 is 61.0. The third-order valence-corrected chi connectivity index (χ3v) is 4.10. The molecule has 1 aromatic rings. The minimum absolute atomic E-state index is 0.0694. The van der Waals surface area contributed by atoms with Crippen LogP contribution in [0.4, 0.5) is 0 Å². The summed E-state index contributed by atoms with van der Waals surface area (Å²) in [7, 11) is -9.21. The highest BCUT2D eigenvalue weighted by atomic mass is 35.5. The van der Waals surface area contributed by atoms with Gasteiger partial charge in [-0.15, -0.1) is 0 Å². The third-order valence-electron chi connectivity index (χ3n) is 1.79. The van der Waals surface area contributed by atoms with E-state index in [-0.39, 0.29) is 10.6 Å². The van der Waals surface area contributed by atoms with Crippen LogP contribution in [-0.4, -0.2) is 25.9 Å². The molecule has 0 aliphatic heterocycles. The molecule has 2 N–H and O–H groups in total. The van der Waals surface area contributed by atoms with Gasteiger partial charge in [-0.3, -0.25) is 9.11 Å². The van der Waals surface area contributed by atoms with Gasteiger partial charge < -0.3 is 0 Å². The Hall–Kier alpha value is -0.670. The molecule has 0 amide bonds. The molecule has 1 aromatic carbocycles. The number of aryl methyl sites for hydroxylation is 1. The van der Waals surface area contributed by atoms with Crippen LogP contribution in [0.1, 0.15) is 5.56 Å². The highest BCUT2D eigenvalue weighted by Crippen LogP contribution is 2.27. The molecular weight excluding hydrogens is 280 g/mol. The summed E-state index contributed by atoms with van der Waals surface area (Å²) in [6.45, 7) is 1.32. The van der Waals surface area contributed by atoms with Gasteiger partial charge in [-0.2, -0.15) is 16.8 Å². The molecule has 0 atom stereocenters. The third kappa shape index (κ3) is 2.71. The van der Waals surface area contributed by atoms with Gasteiger partial charge in [0.1, 0.15) is 4.90 Å². The van der Waals surface area contributed by atoms with Crippen molar-refractivity contribution in [3.8, 4) is 0 Å². The molecule has 0 heterocycles. The number of halogens is 1. The van der Waals surface area contributed by atoms with E-state index < -0.39 is 30.0 Å². The van der Waals surface area contributed by atoms with Crippen molar-refractivity contribution in [1.29, 1.82) is 0 Å². The van der Waals surface area contributed by atoms with Crippen LogP contribution < -0.4 is 0 Å². The van der Waals surface area contributed by atoms with Crippen LogP contribution in [0.25, 0.3) is 0 Å². The van der Waals surface area contributed by atoms with Crippen LogP contribution in [0.5, 0.6) is 0 Å². The van der Waals surface area contributed by atoms with E-state index in [4.69, 9.17) is 20.7 Å². The number of rotatable bonds is 2. The van der Waals surface area contributed by atoms with Gasteiger partial charge in [-0.05, 0) is 24.6 Å². The molecule has 6 nitrogen and oxygen atoms in total. The maximum Gasteiger partial charge on any atom is 0.296 e. The van der Waals surface area contributed by atoms with Crippen molar-refractivity contribution < 1.29 is 25.9 Å². The lowest BCUT2D eigenvalue weighted by Crippen LogP contribution is -2.06. The van der Waals surface area contributed by atoms with Crippen molar-refractivity contribution in [2.75, 3.05) is 0 Å². The van der Waals surface area contributed by atoms with Crippen molar-refractivity contribution in [3.63, 3.8) is 0 Å². The smallest absolute Gasteiger partial charge is 0.282 e. The molecule has 1 rings (SSSR count). The highest BCUT2D eigenvalue weighted by Gasteiger charge is 2.21. The summed E-state index contributed by atoms with van der Waals surface area (Å²) in [6.07, 6.45) is 0. The second-order valence-corrected chi connectivity index (χ2v) is 6.19. The molecule has 0 bridgehead atoms. The monoisotopic (exact) mass is 286 g/mol. The Bertz CT molecular complexity index is 578. The summed E-state index contributed by atoms with van der Waals surface area (Å²) in [5.74, 6) is 0. The second kappa shape index (κ2) is 3.97. The fourth-order valence-electron chi connectivity index (χ4n) is 1.11. The minimum Gasteiger partial charge on any atom is -0.282 e. The maximum atomic E-state index is 10.9. The molecule has 0 aromatic heterocycles. The molecule has 0 saturated heterocycles. The molecule has 0 saturated carbocycles. The van der Waals surface area contributed by atoms with Crippen molar-refractivity contribution in [2.24, 2.45) is 0 Å². The quantitative estimate of drug-likeness (QED) is 0.789. The Morgan fingerprint density at radius 3 is 1.81 bits per heavy atom. The van der Waals surface area contributed by atoms with Gasteiger partial charge in [0.05, 0.1) is 9.92 Å². The van der Waals surface area contributed by atoms with E-state index in [1.165, 1.54) is 6.92 Å². The van der Waals surface area contributed by atoms with Crippen molar-refractivity contribution >= 4 is 31.8 Å². The van der Waals surface area contributed by atoms with E-state index in [9.17, 15) is 16.8 Å². The number of hydrogen-bond donors (Lipinski definition) is 2. The van der Waals surface area contributed by atoms with E-state index in [2.05, 4.69) is 0 Å². The SMILES string of the molecule is Cc1cc(Cl)c(S(=O)(=O)O)cc1S(=O)(=O)O. The minimum atomic E-state index is -4.64. The van der Waals surface area contributed by atoms with Crippen LogP contribution in [-0.2, 0) is 20.2 Å². The first-order chi connectivity index (χ1) is 7.03. The van der Waals surface area contributed by atoms with Crippen LogP contribution >= 0.6 is 11.6 Å². The average Bonchev–Trinajstić information content (AvgIpc) is 1.97. The van der Waals surface area contributed by atoms with Crippen molar-refractivity contribution in [3.05, 3.63) is 22.7 Å². The molecule has 0 unspecified atom stereocenters. The zero-order chi connectivity index (χ0) is 12.7. The number of benzene rings is 1. The van der Waals surface area contributed by atoms with Gasteiger partial charge in [0.2, 0.25) is 0 Å². The Balaban J connectivity index is 3.72. The Morgan fingerprint density at radius 1 is 1.00 bits per heavy atom. The predicted molar refractivity (Wildman–Crippen MR) is 55.8 cm³/mol. The predicted octanol–water partition coefficient (Wildman–Crippen LogP) is 1.14. The van der Waals surface area contributed by atoms with Gasteiger partial charge in [0.25, 0.3) is 20.2 Å². The van der Waals surface area contributed by atoms with Crippen LogP contribution in [0.15, 0.2) is 21.9 Å². The Kier molecular flexibility index (Phi) is 3.32. The van der Waals surface area contributed by atoms with E-state index in [0.29, 0.717) is 6.07 Å². The van der Waals surface area contributed by atoms with Gasteiger partial charge in [-0.1, -0.05) is 11.6 Å². The lowest BCUT2D eigenvalue weighted by molar-refractivity contribution is 0.480. The summed E-state index contributed by atoms with van der Waals surface area (Å²) >= 11 is 5.52. The first kappa shape index (κ1) is 13.4. The zero-order valence-electron chi connectivity index (χ0n) is 7.88. The van der Waals surface area contributed by atoms with Crippen LogP contribution in [0.3, 0.4) is 0 Å². The molecule has 16 heavy (non-hydrogen) atoms. The van der Waals surface area contributed by atoms with E-state index in [1.807, 2.05) is 0 Å². The van der Waals surface area contributed by atoms with Gasteiger partial charge in [0, 0.05) is 0 Å². The fraction of sp³-hybridized carbons (Fsp3) is 0.143. The number of hydrogen-bond acceptors (Lipinski definition) is 4. The molecule has 90 valence electrons. The second-order valence-electron chi connectivity index (χ2n) is 3.00. The molecule has 0 aliphatic carbocycles. The first-order valence-electron chi connectivity index (χ1n) is 3.78. The molecule has 0 fully saturated rings. The van der Waals surface area contributed by atoms with E-state index in [1.54, 1.807) is 0 Å². The fourth-order valence-corrected chi connectivity index (χ4v) is 3.00. The molecular formula is C7H7ClO6S2. The summed E-state index contributed by atoms with van der Waals surface area (Å²) in [5, 5.41) is -0.326. The highest BCUT2D eigenvalue weighted by molar-refractivity contribution is 7.86. The molecule has 0 radical (unpaired) electrons. The Labute approximate surface area is 97.4 Å². The van der Waals surface area contributed by atoms with Crippen molar-refractivity contribution in [1.82, 2.24) is 0 Å². The molecule has 0 aliphatic rings. The maximum absolute atomic E-state index is 10.9. The average molecular weight is 287 g/mol. The zero-order valence-corrected chi connectivity index (χ0v) is 10.3. The first-order valence-corrected chi connectivity index (χ1v) is 7.04. The lowest BCUT2D eigenvalue weighted by Gasteiger charge is -2.06. The normalized spacial score (nSPS) is 12.8. The largest absolute Gasteiger partial charge is 0.296 e. The van der Waals surface area contributed by atoms with Gasteiger partial charge in [-0.25, -0.2) is 0 Å². The molecule has 0 spiro atoms. The summed E-state index contributed by atoms with van der Waals surface area (Å²) in [4.78, 5) is -1.39. The van der Waals surface area contributed by atoms with Crippen molar-refractivity contribution in [2.45, 2.75) is 16.7 Å². The van der Waals surface area contributed by atoms with E-state index in [0.717, 1.165) is 6.07 Å². The standard InChI is InChI=1S/C7H7ClO6S2/c1-4-2-5(8)7(16(12,13)14)3-6(4)15(9,10)11/h2-3H,1H3,(H,9,10,11)(H,12,13,14). The molecule has 9 heteroatoms. The van der Waals surface area contributed by atoms with Crippen LogP contribution in [0.2, 0.25) is 5.02 Å². The van der Waals surface area contributed by atoms with E-state index >= 15 is 0 Å². The lowest BCUT2D eigenvalue weighted by atomic mass is 10.2. The topological polar surface area (TPSA) is 109 Å². The van der Waals surface area contributed by atoms with Gasteiger partial charge in [0.15, 0.2) is 0 Å². The van der Waals surface area contributed by atoms with Crippen LogP contribution in [0, 0.1) is 6.92 Å².